The number of imidazole rings is 1. The molecule has 2 aliphatic rings. The Labute approximate surface area is 118 Å². The number of halogens is 1. The highest BCUT2D eigenvalue weighted by Gasteiger charge is 2.41. The summed E-state index contributed by atoms with van der Waals surface area (Å²) >= 11 is 0. The molecule has 0 bridgehead atoms. The van der Waals surface area contributed by atoms with E-state index in [1.165, 1.54) is 0 Å². The number of ether oxygens (including phenoxy) is 1. The van der Waals surface area contributed by atoms with Crippen LogP contribution in [0.1, 0.15) is 29.9 Å². The molecule has 0 aliphatic carbocycles. The predicted octanol–water partition coefficient (Wildman–Crippen LogP) is 0.472. The molecule has 6 nitrogen and oxygen atoms in total. The van der Waals surface area contributed by atoms with E-state index in [0.717, 1.165) is 32.4 Å². The molecule has 3 rings (SSSR count). The van der Waals surface area contributed by atoms with Crippen LogP contribution >= 0.6 is 12.4 Å². The summed E-state index contributed by atoms with van der Waals surface area (Å²) in [6, 6.07) is 0.0979. The Hall–Kier alpha value is -1.11. The van der Waals surface area contributed by atoms with Gasteiger partial charge in [0, 0.05) is 12.4 Å². The zero-order chi connectivity index (χ0) is 12.4. The third-order valence-corrected chi connectivity index (χ3v) is 3.77. The fraction of sp³-hybridized carbons (Fsp3) is 0.667. The number of nitrogens with one attached hydrogen (secondary N) is 3. The van der Waals surface area contributed by atoms with Gasteiger partial charge in [-0.05, 0) is 32.4 Å². The number of hydrogen-bond donors (Lipinski definition) is 3. The lowest BCUT2D eigenvalue weighted by molar-refractivity contribution is -0.0194. The van der Waals surface area contributed by atoms with Crippen molar-refractivity contribution >= 4 is 18.3 Å². The maximum atomic E-state index is 11.9. The first-order valence-corrected chi connectivity index (χ1v) is 6.42. The van der Waals surface area contributed by atoms with Gasteiger partial charge in [-0.2, -0.15) is 0 Å². The van der Waals surface area contributed by atoms with E-state index >= 15 is 0 Å². The first-order chi connectivity index (χ1) is 8.77. The van der Waals surface area contributed by atoms with E-state index in [1.807, 2.05) is 0 Å². The molecule has 1 atom stereocenters. The number of nitrogens with zero attached hydrogens (tertiary/aromatic N) is 1. The van der Waals surface area contributed by atoms with Gasteiger partial charge in [-0.1, -0.05) is 0 Å². The maximum Gasteiger partial charge on any atom is 0.287 e. The summed E-state index contributed by atoms with van der Waals surface area (Å²) in [5.41, 5.74) is -0.0215. The molecule has 1 amide bonds. The molecule has 3 N–H and O–H groups in total. The van der Waals surface area contributed by atoms with Gasteiger partial charge in [0.15, 0.2) is 5.82 Å². The lowest BCUT2D eigenvalue weighted by Gasteiger charge is -2.32. The largest absolute Gasteiger partial charge is 0.373 e. The Morgan fingerprint density at radius 2 is 2.26 bits per heavy atom. The molecule has 3 heterocycles. The molecule has 2 saturated heterocycles. The molecule has 1 unspecified atom stereocenters. The third kappa shape index (κ3) is 3.08. The number of carbonyl (C=O) groups is 1. The van der Waals surface area contributed by atoms with Crippen LogP contribution in [-0.2, 0) is 4.74 Å². The molecule has 1 spiro atoms. The molecule has 7 heteroatoms. The van der Waals surface area contributed by atoms with E-state index in [1.54, 1.807) is 12.4 Å². The monoisotopic (exact) mass is 286 g/mol. The van der Waals surface area contributed by atoms with Crippen molar-refractivity contribution in [2.24, 2.45) is 0 Å². The number of carbonyl (C=O) groups excluding carboxylic acids is 1. The van der Waals surface area contributed by atoms with Gasteiger partial charge >= 0.3 is 0 Å². The average molecular weight is 287 g/mol. The molecular formula is C12H19ClN4O2. The third-order valence-electron chi connectivity index (χ3n) is 3.77. The first kappa shape index (κ1) is 14.3. The van der Waals surface area contributed by atoms with Gasteiger partial charge in [-0.25, -0.2) is 4.98 Å². The molecular weight excluding hydrogens is 268 g/mol. The lowest BCUT2D eigenvalue weighted by Crippen LogP contribution is -2.43. The van der Waals surface area contributed by atoms with Crippen LogP contribution in [0.4, 0.5) is 0 Å². The molecule has 0 radical (unpaired) electrons. The van der Waals surface area contributed by atoms with Gasteiger partial charge in [0.25, 0.3) is 5.91 Å². The highest BCUT2D eigenvalue weighted by atomic mass is 35.5. The van der Waals surface area contributed by atoms with Crippen molar-refractivity contribution in [1.82, 2.24) is 20.6 Å². The number of hydrogen-bond acceptors (Lipinski definition) is 4. The SMILES string of the molecule is Cl.O=C(NC1COC2(CCNCC2)C1)c1ncc[nH]1. The number of piperidine rings is 1. The van der Waals surface area contributed by atoms with E-state index in [9.17, 15) is 4.79 Å². The van der Waals surface area contributed by atoms with Crippen molar-refractivity contribution in [3.05, 3.63) is 18.2 Å². The van der Waals surface area contributed by atoms with Crippen LogP contribution in [0.25, 0.3) is 0 Å². The summed E-state index contributed by atoms with van der Waals surface area (Å²) < 4.78 is 5.93. The summed E-state index contributed by atoms with van der Waals surface area (Å²) in [7, 11) is 0. The number of aromatic amines is 1. The van der Waals surface area contributed by atoms with E-state index < -0.39 is 0 Å². The second-order valence-electron chi connectivity index (χ2n) is 5.06. The number of amides is 1. The Kier molecular flexibility index (Phi) is 4.44. The van der Waals surface area contributed by atoms with E-state index in [0.29, 0.717) is 12.4 Å². The molecule has 2 fully saturated rings. The van der Waals surface area contributed by atoms with Crippen molar-refractivity contribution in [3.63, 3.8) is 0 Å². The van der Waals surface area contributed by atoms with Crippen molar-refractivity contribution < 1.29 is 9.53 Å². The van der Waals surface area contributed by atoms with Crippen LogP contribution in [0, 0.1) is 0 Å². The molecule has 1 aromatic heterocycles. The summed E-state index contributed by atoms with van der Waals surface area (Å²) in [5.74, 6) is 0.209. The zero-order valence-corrected chi connectivity index (χ0v) is 11.5. The highest BCUT2D eigenvalue weighted by Crippen LogP contribution is 2.33. The maximum absolute atomic E-state index is 11.9. The van der Waals surface area contributed by atoms with Gasteiger partial charge < -0.3 is 20.4 Å². The predicted molar refractivity (Wildman–Crippen MR) is 72.5 cm³/mol. The minimum absolute atomic E-state index is 0. The van der Waals surface area contributed by atoms with Gasteiger partial charge in [0.05, 0.1) is 18.2 Å². The highest BCUT2D eigenvalue weighted by molar-refractivity contribution is 5.90. The van der Waals surface area contributed by atoms with Crippen LogP contribution < -0.4 is 10.6 Å². The second-order valence-corrected chi connectivity index (χ2v) is 5.06. The summed E-state index contributed by atoms with van der Waals surface area (Å²) in [4.78, 5) is 18.6. The van der Waals surface area contributed by atoms with Crippen LogP contribution in [0.15, 0.2) is 12.4 Å². The van der Waals surface area contributed by atoms with Crippen molar-refractivity contribution in [2.45, 2.75) is 30.9 Å². The molecule has 0 aromatic carbocycles. The van der Waals surface area contributed by atoms with Gasteiger partial charge in [0.1, 0.15) is 0 Å². The van der Waals surface area contributed by atoms with E-state index in [-0.39, 0.29) is 30.0 Å². The van der Waals surface area contributed by atoms with E-state index in [2.05, 4.69) is 20.6 Å². The van der Waals surface area contributed by atoms with Crippen LogP contribution in [-0.4, -0.2) is 47.2 Å². The summed E-state index contributed by atoms with van der Waals surface area (Å²) in [6.45, 7) is 2.60. The average Bonchev–Trinajstić information content (AvgIpc) is 3.01. The molecule has 1 aromatic rings. The quantitative estimate of drug-likeness (QED) is 0.739. The first-order valence-electron chi connectivity index (χ1n) is 6.42. The van der Waals surface area contributed by atoms with E-state index in [4.69, 9.17) is 4.74 Å². The minimum Gasteiger partial charge on any atom is -0.373 e. The Morgan fingerprint density at radius 1 is 1.47 bits per heavy atom. The van der Waals surface area contributed by atoms with Crippen molar-refractivity contribution in [3.8, 4) is 0 Å². The number of H-pyrrole nitrogens is 1. The number of aromatic nitrogens is 2. The van der Waals surface area contributed by atoms with Gasteiger partial charge in [-0.3, -0.25) is 4.79 Å². The van der Waals surface area contributed by atoms with Crippen LogP contribution in [0.5, 0.6) is 0 Å². The Morgan fingerprint density at radius 3 is 2.95 bits per heavy atom. The van der Waals surface area contributed by atoms with Crippen LogP contribution in [0.3, 0.4) is 0 Å². The fourth-order valence-electron chi connectivity index (χ4n) is 2.81. The van der Waals surface area contributed by atoms with Crippen molar-refractivity contribution in [1.29, 1.82) is 0 Å². The summed E-state index contributed by atoms with van der Waals surface area (Å²) in [6.07, 6.45) is 6.18. The fourth-order valence-corrected chi connectivity index (χ4v) is 2.81. The second kappa shape index (κ2) is 5.90. The number of rotatable bonds is 2. The Balaban J connectivity index is 0.00000133. The minimum atomic E-state index is -0.153. The van der Waals surface area contributed by atoms with Crippen molar-refractivity contribution in [2.75, 3.05) is 19.7 Å². The topological polar surface area (TPSA) is 79.0 Å². The van der Waals surface area contributed by atoms with Gasteiger partial charge in [-0.15, -0.1) is 12.4 Å². The Bertz CT molecular complexity index is 417. The van der Waals surface area contributed by atoms with Crippen LogP contribution in [0.2, 0.25) is 0 Å². The standard InChI is InChI=1S/C12H18N4O2.ClH/c17-11(10-14-5-6-15-10)16-9-7-12(18-8-9)1-3-13-4-2-12;/h5-6,9,13H,1-4,7-8H2,(H,14,15)(H,16,17);1H. The smallest absolute Gasteiger partial charge is 0.287 e. The zero-order valence-electron chi connectivity index (χ0n) is 10.6. The normalized spacial score (nSPS) is 24.9. The molecule has 0 saturated carbocycles. The summed E-state index contributed by atoms with van der Waals surface area (Å²) in [5, 5.41) is 6.31. The molecule has 106 valence electrons. The van der Waals surface area contributed by atoms with Gasteiger partial charge in [0.2, 0.25) is 0 Å². The molecule has 19 heavy (non-hydrogen) atoms. The molecule has 2 aliphatic heterocycles. The lowest BCUT2D eigenvalue weighted by atomic mass is 9.88.